The van der Waals surface area contributed by atoms with Crippen molar-refractivity contribution in [3.8, 4) is 0 Å². The summed E-state index contributed by atoms with van der Waals surface area (Å²) in [7, 11) is 1.98. The van der Waals surface area contributed by atoms with Crippen LogP contribution in [0.5, 0.6) is 0 Å². The Balaban J connectivity index is 1.99. The van der Waals surface area contributed by atoms with Crippen LogP contribution >= 0.6 is 11.8 Å². The highest BCUT2D eigenvalue weighted by atomic mass is 32.2. The molecule has 0 saturated carbocycles. The van der Waals surface area contributed by atoms with Gasteiger partial charge in [-0.2, -0.15) is 0 Å². The zero-order valence-electron chi connectivity index (χ0n) is 12.4. The Morgan fingerprint density at radius 1 is 1.35 bits per heavy atom. The number of aryl methyl sites for hydroxylation is 1. The van der Waals surface area contributed by atoms with Crippen molar-refractivity contribution >= 4 is 28.7 Å². The molecule has 1 aromatic heterocycles. The highest BCUT2D eigenvalue weighted by Crippen LogP contribution is 2.22. The monoisotopic (exact) mass is 291 g/mol. The minimum atomic E-state index is 0.0586. The van der Waals surface area contributed by atoms with Gasteiger partial charge in [-0.1, -0.05) is 37.7 Å². The molecule has 20 heavy (non-hydrogen) atoms. The van der Waals surface area contributed by atoms with Crippen LogP contribution in [0.2, 0.25) is 0 Å². The lowest BCUT2D eigenvalue weighted by Crippen LogP contribution is -2.37. The molecular weight excluding hydrogens is 270 g/mol. The van der Waals surface area contributed by atoms with Gasteiger partial charge >= 0.3 is 0 Å². The van der Waals surface area contributed by atoms with Crippen molar-refractivity contribution < 1.29 is 4.79 Å². The smallest absolute Gasteiger partial charge is 0.230 e. The maximum Gasteiger partial charge on any atom is 0.230 e. The molecule has 0 fully saturated rings. The van der Waals surface area contributed by atoms with Crippen molar-refractivity contribution in [2.45, 2.75) is 32.0 Å². The molecule has 1 unspecified atom stereocenters. The number of benzene rings is 1. The first-order valence-corrected chi connectivity index (χ1v) is 7.81. The van der Waals surface area contributed by atoms with Gasteiger partial charge in [0, 0.05) is 13.1 Å². The molecule has 1 N–H and O–H groups in total. The number of fused-ring (bicyclic) bond motifs is 1. The predicted octanol–water partition coefficient (Wildman–Crippen LogP) is 2.83. The number of nitrogens with one attached hydrogen (secondary N) is 1. The van der Waals surface area contributed by atoms with Crippen LogP contribution in [-0.4, -0.2) is 27.3 Å². The van der Waals surface area contributed by atoms with Crippen LogP contribution in [0.4, 0.5) is 0 Å². The van der Waals surface area contributed by atoms with E-state index in [0.717, 1.165) is 16.2 Å². The molecule has 0 saturated heterocycles. The van der Waals surface area contributed by atoms with Gasteiger partial charge in [0.15, 0.2) is 5.16 Å². The van der Waals surface area contributed by atoms with Crippen molar-refractivity contribution in [1.82, 2.24) is 14.9 Å². The number of hydrogen-bond donors (Lipinski definition) is 1. The maximum absolute atomic E-state index is 11.9. The third kappa shape index (κ3) is 3.33. The maximum atomic E-state index is 11.9. The van der Waals surface area contributed by atoms with E-state index in [1.807, 2.05) is 42.8 Å². The first-order valence-electron chi connectivity index (χ1n) is 6.82. The summed E-state index contributed by atoms with van der Waals surface area (Å²) in [6.07, 6.45) is 0. The number of para-hydroxylation sites is 2. The van der Waals surface area contributed by atoms with Crippen LogP contribution in [0.3, 0.4) is 0 Å². The van der Waals surface area contributed by atoms with Crippen molar-refractivity contribution in [2.75, 3.05) is 5.75 Å². The zero-order chi connectivity index (χ0) is 14.7. The van der Waals surface area contributed by atoms with E-state index in [4.69, 9.17) is 0 Å². The van der Waals surface area contributed by atoms with Crippen LogP contribution in [0, 0.1) is 5.92 Å². The van der Waals surface area contributed by atoms with Gasteiger partial charge in [0.1, 0.15) is 0 Å². The summed E-state index contributed by atoms with van der Waals surface area (Å²) in [6, 6.07) is 8.19. The second-order valence-electron chi connectivity index (χ2n) is 5.33. The van der Waals surface area contributed by atoms with E-state index in [-0.39, 0.29) is 11.9 Å². The highest BCUT2D eigenvalue weighted by molar-refractivity contribution is 7.99. The summed E-state index contributed by atoms with van der Waals surface area (Å²) in [6.45, 7) is 6.23. The quantitative estimate of drug-likeness (QED) is 0.862. The number of carbonyl (C=O) groups excluding carboxylic acids is 1. The fourth-order valence-electron chi connectivity index (χ4n) is 1.84. The van der Waals surface area contributed by atoms with E-state index >= 15 is 0 Å². The number of hydrogen-bond acceptors (Lipinski definition) is 3. The molecule has 1 aromatic carbocycles. The lowest BCUT2D eigenvalue weighted by Gasteiger charge is -2.17. The molecule has 0 spiro atoms. The van der Waals surface area contributed by atoms with Gasteiger partial charge in [0.05, 0.1) is 16.8 Å². The average Bonchev–Trinajstić information content (AvgIpc) is 2.73. The largest absolute Gasteiger partial charge is 0.353 e. The molecule has 0 aliphatic heterocycles. The molecule has 108 valence electrons. The van der Waals surface area contributed by atoms with Crippen LogP contribution in [0.15, 0.2) is 29.4 Å². The average molecular weight is 291 g/mol. The normalized spacial score (nSPS) is 12.8. The van der Waals surface area contributed by atoms with Gasteiger partial charge in [-0.05, 0) is 25.0 Å². The van der Waals surface area contributed by atoms with E-state index in [2.05, 4.69) is 24.1 Å². The SMILES string of the molecule is CC(C)C(C)NC(=O)CSc1nc2ccccc2n1C. The molecule has 0 aliphatic rings. The summed E-state index contributed by atoms with van der Waals surface area (Å²) < 4.78 is 2.03. The molecule has 0 aliphatic carbocycles. The summed E-state index contributed by atoms with van der Waals surface area (Å²) in [5.74, 6) is 0.900. The van der Waals surface area contributed by atoms with Crippen molar-refractivity contribution in [3.05, 3.63) is 24.3 Å². The van der Waals surface area contributed by atoms with E-state index in [0.29, 0.717) is 11.7 Å². The molecular formula is C15H21N3OS. The Morgan fingerprint density at radius 2 is 2.05 bits per heavy atom. The highest BCUT2D eigenvalue weighted by Gasteiger charge is 2.13. The van der Waals surface area contributed by atoms with Gasteiger partial charge in [0.25, 0.3) is 0 Å². The predicted molar refractivity (Wildman–Crippen MR) is 83.9 cm³/mol. The Labute approximate surface area is 124 Å². The zero-order valence-corrected chi connectivity index (χ0v) is 13.2. The molecule has 1 atom stereocenters. The molecule has 1 heterocycles. The van der Waals surface area contributed by atoms with Crippen molar-refractivity contribution in [3.63, 3.8) is 0 Å². The number of nitrogens with zero attached hydrogens (tertiary/aromatic N) is 2. The number of aromatic nitrogens is 2. The van der Waals surface area contributed by atoms with Crippen LogP contribution in [0.25, 0.3) is 11.0 Å². The number of imidazole rings is 1. The number of carbonyl (C=O) groups is 1. The molecule has 5 heteroatoms. The van der Waals surface area contributed by atoms with E-state index < -0.39 is 0 Å². The number of rotatable bonds is 5. The van der Waals surface area contributed by atoms with Crippen LogP contribution in [0.1, 0.15) is 20.8 Å². The van der Waals surface area contributed by atoms with Gasteiger partial charge < -0.3 is 9.88 Å². The minimum Gasteiger partial charge on any atom is -0.353 e. The van der Waals surface area contributed by atoms with E-state index in [9.17, 15) is 4.79 Å². The van der Waals surface area contributed by atoms with Crippen molar-refractivity contribution in [1.29, 1.82) is 0 Å². The minimum absolute atomic E-state index is 0.0586. The fraction of sp³-hybridized carbons (Fsp3) is 0.467. The molecule has 2 aromatic rings. The van der Waals surface area contributed by atoms with Gasteiger partial charge in [-0.3, -0.25) is 4.79 Å². The summed E-state index contributed by atoms with van der Waals surface area (Å²) in [4.78, 5) is 16.4. The van der Waals surface area contributed by atoms with E-state index in [1.54, 1.807) is 0 Å². The second-order valence-corrected chi connectivity index (χ2v) is 6.27. The molecule has 1 amide bonds. The lowest BCUT2D eigenvalue weighted by atomic mass is 10.1. The summed E-state index contributed by atoms with van der Waals surface area (Å²) >= 11 is 1.47. The molecule has 2 rings (SSSR count). The Bertz CT molecular complexity index is 606. The molecule has 0 bridgehead atoms. The number of thioether (sulfide) groups is 1. The Kier molecular flexibility index (Phi) is 4.70. The Hall–Kier alpha value is -1.49. The first-order chi connectivity index (χ1) is 9.49. The first kappa shape index (κ1) is 14.9. The molecule has 0 radical (unpaired) electrons. The third-order valence-electron chi connectivity index (χ3n) is 3.47. The van der Waals surface area contributed by atoms with E-state index in [1.165, 1.54) is 11.8 Å². The molecule has 4 nitrogen and oxygen atoms in total. The van der Waals surface area contributed by atoms with Crippen LogP contribution < -0.4 is 5.32 Å². The second kappa shape index (κ2) is 6.31. The topological polar surface area (TPSA) is 46.9 Å². The van der Waals surface area contributed by atoms with Crippen molar-refractivity contribution in [2.24, 2.45) is 13.0 Å². The van der Waals surface area contributed by atoms with Gasteiger partial charge in [-0.25, -0.2) is 4.98 Å². The van der Waals surface area contributed by atoms with Gasteiger partial charge in [0.2, 0.25) is 5.91 Å². The summed E-state index contributed by atoms with van der Waals surface area (Å²) in [5.41, 5.74) is 2.06. The number of amides is 1. The fourth-order valence-corrected chi connectivity index (χ4v) is 2.64. The Morgan fingerprint density at radius 3 is 2.70 bits per heavy atom. The standard InChI is InChI=1S/C15H21N3OS/c1-10(2)11(3)16-14(19)9-20-15-17-12-7-5-6-8-13(12)18(15)4/h5-8,10-11H,9H2,1-4H3,(H,16,19). The third-order valence-corrected chi connectivity index (χ3v) is 4.50. The van der Waals surface area contributed by atoms with Crippen LogP contribution in [-0.2, 0) is 11.8 Å². The summed E-state index contributed by atoms with van der Waals surface area (Å²) in [5, 5.41) is 3.88. The van der Waals surface area contributed by atoms with Gasteiger partial charge in [-0.15, -0.1) is 0 Å². The lowest BCUT2D eigenvalue weighted by molar-refractivity contribution is -0.119.